The summed E-state index contributed by atoms with van der Waals surface area (Å²) < 4.78 is 22.6. The number of piperidine rings is 1. The molecule has 3 rings (SSSR count). The number of fused-ring (bicyclic) bond motifs is 1. The van der Waals surface area contributed by atoms with E-state index in [-0.39, 0.29) is 10.8 Å². The highest BCUT2D eigenvalue weighted by Gasteiger charge is 2.46. The lowest BCUT2D eigenvalue weighted by atomic mass is 10.2. The van der Waals surface area contributed by atoms with Gasteiger partial charge in [0.25, 0.3) is 5.91 Å². The Bertz CT molecular complexity index is 581. The van der Waals surface area contributed by atoms with E-state index in [4.69, 9.17) is 0 Å². The van der Waals surface area contributed by atoms with Gasteiger partial charge in [-0.3, -0.25) is 4.79 Å². The Balaban J connectivity index is 1.78. The summed E-state index contributed by atoms with van der Waals surface area (Å²) in [5.74, 6) is 1.44. The van der Waals surface area contributed by atoms with Crippen molar-refractivity contribution in [1.82, 2.24) is 4.90 Å². The molecule has 96 valence electrons. The van der Waals surface area contributed by atoms with Crippen molar-refractivity contribution in [2.45, 2.75) is 11.3 Å². The van der Waals surface area contributed by atoms with Crippen LogP contribution in [0.15, 0.2) is 29.2 Å². The van der Waals surface area contributed by atoms with E-state index in [2.05, 4.69) is 0 Å². The Kier molecular flexibility index (Phi) is 2.48. The lowest BCUT2D eigenvalue weighted by Gasteiger charge is -2.17. The molecule has 2 unspecified atom stereocenters. The van der Waals surface area contributed by atoms with Crippen LogP contribution in [0.5, 0.6) is 0 Å². The predicted molar refractivity (Wildman–Crippen MR) is 67.1 cm³/mol. The molecule has 0 aromatic heterocycles. The smallest absolute Gasteiger partial charge is 0.253 e. The lowest BCUT2D eigenvalue weighted by Crippen LogP contribution is -2.30. The SMILES string of the molecule is CS(=O)(=O)c1ccc(C(=O)N2CC3CC3C2)cc1. The third-order valence-electron chi connectivity index (χ3n) is 3.80. The number of likely N-dealkylation sites (tertiary alicyclic amines) is 1. The minimum atomic E-state index is -3.19. The van der Waals surface area contributed by atoms with E-state index >= 15 is 0 Å². The Morgan fingerprint density at radius 1 is 1.17 bits per heavy atom. The Morgan fingerprint density at radius 3 is 2.22 bits per heavy atom. The van der Waals surface area contributed by atoms with Gasteiger partial charge in [-0.15, -0.1) is 0 Å². The number of benzene rings is 1. The van der Waals surface area contributed by atoms with Crippen molar-refractivity contribution in [2.24, 2.45) is 11.8 Å². The standard InChI is InChI=1S/C13H15NO3S/c1-18(16,17)12-4-2-9(3-5-12)13(15)14-7-10-6-11(10)8-14/h2-5,10-11H,6-8H2,1H3. The Labute approximate surface area is 107 Å². The minimum absolute atomic E-state index is 0.0160. The van der Waals surface area contributed by atoms with Crippen molar-refractivity contribution >= 4 is 15.7 Å². The van der Waals surface area contributed by atoms with Crippen LogP contribution in [0, 0.1) is 11.8 Å². The maximum absolute atomic E-state index is 12.2. The molecule has 18 heavy (non-hydrogen) atoms. The maximum atomic E-state index is 12.2. The summed E-state index contributed by atoms with van der Waals surface area (Å²) in [6.45, 7) is 1.72. The number of hydrogen-bond acceptors (Lipinski definition) is 3. The monoisotopic (exact) mass is 265 g/mol. The van der Waals surface area contributed by atoms with Gasteiger partial charge >= 0.3 is 0 Å². The summed E-state index contributed by atoms with van der Waals surface area (Å²) in [6.07, 6.45) is 2.43. The Hall–Kier alpha value is -1.36. The highest BCUT2D eigenvalue weighted by molar-refractivity contribution is 7.90. The van der Waals surface area contributed by atoms with Crippen LogP contribution in [0.4, 0.5) is 0 Å². The minimum Gasteiger partial charge on any atom is -0.338 e. The third kappa shape index (κ3) is 2.03. The number of rotatable bonds is 2. The normalized spacial score (nSPS) is 25.9. The molecule has 1 saturated carbocycles. The van der Waals surface area contributed by atoms with Crippen molar-refractivity contribution in [2.75, 3.05) is 19.3 Å². The third-order valence-corrected chi connectivity index (χ3v) is 4.92. The molecule has 0 spiro atoms. The number of nitrogens with zero attached hydrogens (tertiary/aromatic N) is 1. The lowest BCUT2D eigenvalue weighted by molar-refractivity contribution is 0.0775. The van der Waals surface area contributed by atoms with Gasteiger partial charge in [-0.1, -0.05) is 0 Å². The molecule has 1 aromatic carbocycles. The van der Waals surface area contributed by atoms with E-state index in [1.807, 2.05) is 4.90 Å². The second-order valence-corrected chi connectivity index (χ2v) is 7.28. The van der Waals surface area contributed by atoms with Gasteiger partial charge in [0.1, 0.15) is 0 Å². The molecule has 1 aromatic rings. The van der Waals surface area contributed by atoms with Gasteiger partial charge in [0.2, 0.25) is 0 Å². The highest BCUT2D eigenvalue weighted by atomic mass is 32.2. The summed E-state index contributed by atoms with van der Waals surface area (Å²) in [6, 6.07) is 6.20. The number of carbonyl (C=O) groups is 1. The highest BCUT2D eigenvalue weighted by Crippen LogP contribution is 2.45. The molecule has 2 aliphatic rings. The average molecular weight is 265 g/mol. The fourth-order valence-electron chi connectivity index (χ4n) is 2.59. The van der Waals surface area contributed by atoms with Crippen LogP contribution in [0.25, 0.3) is 0 Å². The van der Waals surface area contributed by atoms with Crippen LogP contribution < -0.4 is 0 Å². The first kappa shape index (κ1) is 11.7. The van der Waals surface area contributed by atoms with Crippen LogP contribution in [-0.4, -0.2) is 38.6 Å². The summed E-state index contributed by atoms with van der Waals surface area (Å²) in [7, 11) is -3.19. The second-order valence-electron chi connectivity index (χ2n) is 5.26. The average Bonchev–Trinajstić information content (AvgIpc) is 2.94. The van der Waals surface area contributed by atoms with Gasteiger partial charge in [0.05, 0.1) is 4.90 Å². The zero-order valence-electron chi connectivity index (χ0n) is 10.2. The molecule has 0 N–H and O–H groups in total. The van der Waals surface area contributed by atoms with Crippen LogP contribution in [0.1, 0.15) is 16.8 Å². The first-order chi connectivity index (χ1) is 8.45. The van der Waals surface area contributed by atoms with Gasteiger partial charge in [0.15, 0.2) is 9.84 Å². The number of hydrogen-bond donors (Lipinski definition) is 0. The van der Waals surface area contributed by atoms with Crippen LogP contribution in [0.2, 0.25) is 0 Å². The molecule has 1 heterocycles. The van der Waals surface area contributed by atoms with E-state index in [1.165, 1.54) is 18.6 Å². The predicted octanol–water partition coefficient (Wildman–Crippen LogP) is 1.18. The van der Waals surface area contributed by atoms with Crippen LogP contribution >= 0.6 is 0 Å². The molecule has 1 amide bonds. The summed E-state index contributed by atoms with van der Waals surface area (Å²) >= 11 is 0. The van der Waals surface area contributed by atoms with Crippen molar-refractivity contribution in [3.63, 3.8) is 0 Å². The van der Waals surface area contributed by atoms with Gasteiger partial charge in [-0.05, 0) is 42.5 Å². The van der Waals surface area contributed by atoms with Gasteiger partial charge in [-0.25, -0.2) is 8.42 Å². The van der Waals surface area contributed by atoms with Gasteiger partial charge < -0.3 is 4.90 Å². The van der Waals surface area contributed by atoms with Gasteiger partial charge in [0, 0.05) is 24.9 Å². The van der Waals surface area contributed by atoms with Crippen molar-refractivity contribution in [3.05, 3.63) is 29.8 Å². The summed E-state index contributed by atoms with van der Waals surface area (Å²) in [4.78, 5) is 14.3. The van der Waals surface area contributed by atoms with E-state index in [1.54, 1.807) is 12.1 Å². The van der Waals surface area contributed by atoms with E-state index in [0.717, 1.165) is 19.3 Å². The van der Waals surface area contributed by atoms with Crippen molar-refractivity contribution in [3.8, 4) is 0 Å². The fourth-order valence-corrected chi connectivity index (χ4v) is 3.22. The van der Waals surface area contributed by atoms with Crippen molar-refractivity contribution < 1.29 is 13.2 Å². The first-order valence-electron chi connectivity index (χ1n) is 6.04. The molecule has 0 radical (unpaired) electrons. The fraction of sp³-hybridized carbons (Fsp3) is 0.462. The molecule has 2 fully saturated rings. The molecule has 1 aliphatic heterocycles. The van der Waals surface area contributed by atoms with Crippen LogP contribution in [0.3, 0.4) is 0 Å². The molecular formula is C13H15NO3S. The van der Waals surface area contributed by atoms with Crippen molar-refractivity contribution in [1.29, 1.82) is 0 Å². The second kappa shape index (κ2) is 3.82. The van der Waals surface area contributed by atoms with E-state index < -0.39 is 9.84 Å². The zero-order chi connectivity index (χ0) is 12.9. The number of carbonyl (C=O) groups excluding carboxylic acids is 1. The first-order valence-corrected chi connectivity index (χ1v) is 7.93. The van der Waals surface area contributed by atoms with E-state index in [0.29, 0.717) is 17.4 Å². The molecule has 1 aliphatic carbocycles. The number of sulfone groups is 1. The Morgan fingerprint density at radius 2 is 1.72 bits per heavy atom. The molecule has 1 saturated heterocycles. The van der Waals surface area contributed by atoms with Gasteiger partial charge in [-0.2, -0.15) is 0 Å². The largest absolute Gasteiger partial charge is 0.338 e. The quantitative estimate of drug-likeness (QED) is 0.807. The topological polar surface area (TPSA) is 54.5 Å². The molecular weight excluding hydrogens is 250 g/mol. The molecule has 2 atom stereocenters. The maximum Gasteiger partial charge on any atom is 0.253 e. The molecule has 4 nitrogen and oxygen atoms in total. The molecule has 0 bridgehead atoms. The van der Waals surface area contributed by atoms with Crippen LogP contribution in [-0.2, 0) is 9.84 Å². The number of amides is 1. The van der Waals surface area contributed by atoms with E-state index in [9.17, 15) is 13.2 Å². The summed E-state index contributed by atoms with van der Waals surface area (Å²) in [5, 5.41) is 0. The molecule has 5 heteroatoms. The zero-order valence-corrected chi connectivity index (χ0v) is 11.0. The summed E-state index contributed by atoms with van der Waals surface area (Å²) in [5.41, 5.74) is 0.573.